The quantitative estimate of drug-likeness (QED) is 0.532. The molecule has 7 heteroatoms. The van der Waals surface area contributed by atoms with Crippen LogP contribution in [-0.4, -0.2) is 25.8 Å². The van der Waals surface area contributed by atoms with Crippen LogP contribution in [-0.2, 0) is 25.3 Å². The SMILES string of the molecule is CCCC(F)(F)c1nc(CC)n(Cc2ccc(Cc3cccc(C(=O)O)c3)cc2)n1. The first kappa shape index (κ1) is 21.6. The first-order valence-electron chi connectivity index (χ1n) is 10.0. The van der Waals surface area contributed by atoms with Gasteiger partial charge < -0.3 is 5.11 Å². The highest BCUT2D eigenvalue weighted by Gasteiger charge is 2.35. The Morgan fingerprint density at radius 3 is 2.40 bits per heavy atom. The first-order valence-corrected chi connectivity index (χ1v) is 10.0. The van der Waals surface area contributed by atoms with E-state index in [1.807, 2.05) is 37.3 Å². The molecule has 0 aliphatic rings. The van der Waals surface area contributed by atoms with Gasteiger partial charge in [-0.15, -0.1) is 5.10 Å². The maximum absolute atomic E-state index is 14.2. The highest BCUT2D eigenvalue weighted by atomic mass is 19.3. The number of halogens is 2. The summed E-state index contributed by atoms with van der Waals surface area (Å²) in [6, 6.07) is 14.6. The standard InChI is InChI=1S/C23H25F2N3O2/c1-3-12-23(24,25)22-26-20(4-2)28(27-22)15-17-10-8-16(9-11-17)13-18-6-5-7-19(14-18)21(29)30/h5-11,14H,3-4,12-13,15H2,1-2H3,(H,29,30). The van der Waals surface area contributed by atoms with Crippen LogP contribution in [0.2, 0.25) is 0 Å². The van der Waals surface area contributed by atoms with Gasteiger partial charge >= 0.3 is 11.9 Å². The number of nitrogens with zero attached hydrogens (tertiary/aromatic N) is 3. The van der Waals surface area contributed by atoms with Gasteiger partial charge in [-0.05, 0) is 41.7 Å². The number of alkyl halides is 2. The molecular weight excluding hydrogens is 388 g/mol. The molecule has 0 aliphatic heterocycles. The number of hydrogen-bond acceptors (Lipinski definition) is 3. The molecule has 5 nitrogen and oxygen atoms in total. The molecule has 1 aromatic heterocycles. The van der Waals surface area contributed by atoms with Crippen molar-refractivity contribution in [1.82, 2.24) is 14.8 Å². The van der Waals surface area contributed by atoms with Crippen molar-refractivity contribution in [2.24, 2.45) is 0 Å². The molecule has 0 fully saturated rings. The van der Waals surface area contributed by atoms with Crippen molar-refractivity contribution in [2.45, 2.75) is 52.0 Å². The van der Waals surface area contributed by atoms with Crippen molar-refractivity contribution in [1.29, 1.82) is 0 Å². The minimum atomic E-state index is -3.02. The van der Waals surface area contributed by atoms with E-state index in [0.717, 1.165) is 16.7 Å². The summed E-state index contributed by atoms with van der Waals surface area (Å²) >= 11 is 0. The summed E-state index contributed by atoms with van der Waals surface area (Å²) in [5.74, 6) is -3.83. The van der Waals surface area contributed by atoms with Gasteiger partial charge in [0, 0.05) is 12.8 Å². The largest absolute Gasteiger partial charge is 0.478 e. The number of carbonyl (C=O) groups is 1. The lowest BCUT2D eigenvalue weighted by molar-refractivity contribution is -0.0232. The van der Waals surface area contributed by atoms with Gasteiger partial charge in [0.15, 0.2) is 0 Å². The molecule has 0 saturated carbocycles. The number of aromatic carboxylic acids is 1. The van der Waals surface area contributed by atoms with Crippen molar-refractivity contribution in [3.8, 4) is 0 Å². The van der Waals surface area contributed by atoms with Gasteiger partial charge in [0.25, 0.3) is 0 Å². The molecule has 0 spiro atoms. The van der Waals surface area contributed by atoms with Gasteiger partial charge in [-0.1, -0.05) is 50.2 Å². The zero-order chi connectivity index (χ0) is 21.7. The summed E-state index contributed by atoms with van der Waals surface area (Å²) in [5, 5.41) is 13.2. The maximum atomic E-state index is 14.2. The molecule has 0 saturated heterocycles. The first-order chi connectivity index (χ1) is 14.3. The van der Waals surface area contributed by atoms with Gasteiger partial charge in [-0.2, -0.15) is 8.78 Å². The number of aromatic nitrogens is 3. The Labute approximate surface area is 174 Å². The van der Waals surface area contributed by atoms with E-state index in [9.17, 15) is 13.6 Å². The molecule has 30 heavy (non-hydrogen) atoms. The van der Waals surface area contributed by atoms with E-state index in [0.29, 0.717) is 31.6 Å². The summed E-state index contributed by atoms with van der Waals surface area (Å²) in [6.45, 7) is 3.95. The average molecular weight is 413 g/mol. The summed E-state index contributed by atoms with van der Waals surface area (Å²) in [4.78, 5) is 15.2. The van der Waals surface area contributed by atoms with Gasteiger partial charge in [-0.25, -0.2) is 14.5 Å². The van der Waals surface area contributed by atoms with E-state index < -0.39 is 17.7 Å². The predicted molar refractivity (Wildman–Crippen MR) is 110 cm³/mol. The summed E-state index contributed by atoms with van der Waals surface area (Å²) in [5.41, 5.74) is 3.14. The summed E-state index contributed by atoms with van der Waals surface area (Å²) in [6.07, 6.45) is 1.23. The molecule has 1 N–H and O–H groups in total. The number of benzene rings is 2. The highest BCUT2D eigenvalue weighted by molar-refractivity contribution is 5.87. The fourth-order valence-corrected chi connectivity index (χ4v) is 3.33. The molecule has 0 radical (unpaired) electrons. The van der Waals surface area contributed by atoms with Crippen molar-refractivity contribution in [3.63, 3.8) is 0 Å². The van der Waals surface area contributed by atoms with Crippen LogP contribution in [0.4, 0.5) is 8.78 Å². The van der Waals surface area contributed by atoms with Crippen LogP contribution in [0.1, 0.15) is 65.4 Å². The third-order valence-electron chi connectivity index (χ3n) is 4.89. The van der Waals surface area contributed by atoms with Crippen LogP contribution in [0.25, 0.3) is 0 Å². The Morgan fingerprint density at radius 2 is 1.77 bits per heavy atom. The molecule has 0 amide bonds. The third-order valence-corrected chi connectivity index (χ3v) is 4.89. The summed E-state index contributed by atoms with van der Waals surface area (Å²) < 4.78 is 29.9. The Balaban J connectivity index is 1.74. The Morgan fingerprint density at radius 1 is 1.07 bits per heavy atom. The minimum absolute atomic E-state index is 0.262. The topological polar surface area (TPSA) is 68.0 Å². The van der Waals surface area contributed by atoms with Crippen molar-refractivity contribution in [2.75, 3.05) is 0 Å². The predicted octanol–water partition coefficient (Wildman–Crippen LogP) is 5.07. The van der Waals surface area contributed by atoms with Crippen molar-refractivity contribution < 1.29 is 18.7 Å². The lowest BCUT2D eigenvalue weighted by atomic mass is 10.0. The third kappa shape index (κ3) is 5.09. The highest BCUT2D eigenvalue weighted by Crippen LogP contribution is 2.30. The van der Waals surface area contributed by atoms with Crippen molar-refractivity contribution >= 4 is 5.97 Å². The molecule has 0 atom stereocenters. The normalized spacial score (nSPS) is 11.6. The van der Waals surface area contributed by atoms with Gasteiger partial charge in [0.05, 0.1) is 12.1 Å². The van der Waals surface area contributed by atoms with Crippen LogP contribution in [0.5, 0.6) is 0 Å². The second kappa shape index (κ2) is 9.15. The monoisotopic (exact) mass is 413 g/mol. The fraction of sp³-hybridized carbons (Fsp3) is 0.348. The number of carboxylic acid groups (broad SMARTS) is 1. The smallest absolute Gasteiger partial charge is 0.335 e. The Hall–Kier alpha value is -3.09. The molecule has 1 heterocycles. The molecule has 3 rings (SSSR count). The number of carboxylic acids is 1. The van der Waals surface area contributed by atoms with Crippen LogP contribution in [0.3, 0.4) is 0 Å². The fourth-order valence-electron chi connectivity index (χ4n) is 3.33. The summed E-state index contributed by atoms with van der Waals surface area (Å²) in [7, 11) is 0. The van der Waals surface area contributed by atoms with E-state index >= 15 is 0 Å². The van der Waals surface area contributed by atoms with Gasteiger partial charge in [0.1, 0.15) is 5.82 Å². The van der Waals surface area contributed by atoms with E-state index in [1.54, 1.807) is 29.8 Å². The molecule has 3 aromatic rings. The van der Waals surface area contributed by atoms with Crippen LogP contribution in [0, 0.1) is 0 Å². The van der Waals surface area contributed by atoms with Crippen molar-refractivity contribution in [3.05, 3.63) is 82.4 Å². The van der Waals surface area contributed by atoms with Gasteiger partial charge in [-0.3, -0.25) is 0 Å². The van der Waals surface area contributed by atoms with Crippen LogP contribution >= 0.6 is 0 Å². The van der Waals surface area contributed by atoms with Crippen LogP contribution < -0.4 is 0 Å². The molecule has 0 unspecified atom stereocenters. The molecular formula is C23H25F2N3O2. The van der Waals surface area contributed by atoms with Crippen LogP contribution in [0.15, 0.2) is 48.5 Å². The minimum Gasteiger partial charge on any atom is -0.478 e. The second-order valence-corrected chi connectivity index (χ2v) is 7.32. The molecule has 0 aliphatic carbocycles. The maximum Gasteiger partial charge on any atom is 0.335 e. The van der Waals surface area contributed by atoms with E-state index in [4.69, 9.17) is 5.11 Å². The number of hydrogen-bond donors (Lipinski definition) is 1. The van der Waals surface area contributed by atoms with E-state index in [1.165, 1.54) is 0 Å². The average Bonchev–Trinajstić information content (AvgIpc) is 3.13. The lowest BCUT2D eigenvalue weighted by Crippen LogP contribution is -2.15. The molecule has 2 aromatic carbocycles. The second-order valence-electron chi connectivity index (χ2n) is 7.32. The number of rotatable bonds is 9. The Kier molecular flexibility index (Phi) is 6.59. The zero-order valence-electron chi connectivity index (χ0n) is 17.1. The van der Waals surface area contributed by atoms with Gasteiger partial charge in [0.2, 0.25) is 5.82 Å². The van der Waals surface area contributed by atoms with E-state index in [2.05, 4.69) is 10.1 Å². The number of aryl methyl sites for hydroxylation is 1. The lowest BCUT2D eigenvalue weighted by Gasteiger charge is -2.10. The molecule has 0 bridgehead atoms. The Bertz CT molecular complexity index is 1010. The van der Waals surface area contributed by atoms with E-state index in [-0.39, 0.29) is 12.0 Å². The zero-order valence-corrected chi connectivity index (χ0v) is 17.1. The molecule has 158 valence electrons.